The van der Waals surface area contributed by atoms with E-state index in [1.165, 1.54) is 6.08 Å². The lowest BCUT2D eigenvalue weighted by atomic mass is 10.1. The number of hydrogen-bond donors (Lipinski definition) is 1. The highest BCUT2D eigenvalue weighted by molar-refractivity contribution is 6.33. The number of aryl methyl sites for hydroxylation is 2. The van der Waals surface area contributed by atoms with Gasteiger partial charge in [-0.3, -0.25) is 4.79 Å². The normalized spacial score (nSPS) is 10.6. The Morgan fingerprint density at radius 3 is 2.58 bits per heavy atom. The third-order valence-electron chi connectivity index (χ3n) is 3.20. The zero-order chi connectivity index (χ0) is 17.5. The number of hydrogen-bond acceptors (Lipinski definition) is 3. The highest BCUT2D eigenvalue weighted by Crippen LogP contribution is 2.22. The molecule has 0 unspecified atom stereocenters. The van der Waals surface area contributed by atoms with Crippen LogP contribution in [0.15, 0.2) is 48.5 Å². The topological polar surface area (TPSA) is 55.4 Å². The van der Waals surface area contributed by atoms with E-state index in [1.54, 1.807) is 18.2 Å². The molecular formula is C19H18ClNO3. The minimum Gasteiger partial charge on any atom is -0.452 e. The smallest absolute Gasteiger partial charge is 0.331 e. The van der Waals surface area contributed by atoms with Gasteiger partial charge in [0.2, 0.25) is 0 Å². The van der Waals surface area contributed by atoms with Crippen LogP contribution in [-0.4, -0.2) is 18.5 Å². The molecular weight excluding hydrogens is 326 g/mol. The third-order valence-corrected chi connectivity index (χ3v) is 3.51. The number of amides is 1. The number of benzene rings is 2. The Hall–Kier alpha value is -2.59. The van der Waals surface area contributed by atoms with Gasteiger partial charge in [-0.15, -0.1) is 0 Å². The van der Waals surface area contributed by atoms with Crippen molar-refractivity contribution in [1.29, 1.82) is 0 Å². The van der Waals surface area contributed by atoms with Crippen LogP contribution in [0.25, 0.3) is 6.08 Å². The fourth-order valence-corrected chi connectivity index (χ4v) is 2.31. The zero-order valence-corrected chi connectivity index (χ0v) is 14.3. The van der Waals surface area contributed by atoms with Gasteiger partial charge in [0.1, 0.15) is 0 Å². The molecule has 1 N–H and O–H groups in total. The van der Waals surface area contributed by atoms with Crippen LogP contribution in [0.5, 0.6) is 0 Å². The molecule has 0 spiro atoms. The van der Waals surface area contributed by atoms with E-state index < -0.39 is 11.9 Å². The van der Waals surface area contributed by atoms with E-state index in [0.29, 0.717) is 10.7 Å². The summed E-state index contributed by atoms with van der Waals surface area (Å²) >= 11 is 6.03. The highest BCUT2D eigenvalue weighted by atomic mass is 35.5. The van der Waals surface area contributed by atoms with Gasteiger partial charge in [-0.05, 0) is 43.2 Å². The van der Waals surface area contributed by atoms with Crippen molar-refractivity contribution in [2.75, 3.05) is 11.9 Å². The summed E-state index contributed by atoms with van der Waals surface area (Å²) in [5.41, 5.74) is 3.46. The summed E-state index contributed by atoms with van der Waals surface area (Å²) in [6, 6.07) is 13.0. The highest BCUT2D eigenvalue weighted by Gasteiger charge is 2.08. The van der Waals surface area contributed by atoms with Gasteiger partial charge < -0.3 is 10.1 Å². The lowest BCUT2D eigenvalue weighted by Crippen LogP contribution is -2.20. The minimum absolute atomic E-state index is 0.374. The first-order chi connectivity index (χ1) is 11.4. The third kappa shape index (κ3) is 5.56. The van der Waals surface area contributed by atoms with Crippen LogP contribution >= 0.6 is 11.6 Å². The van der Waals surface area contributed by atoms with Crippen LogP contribution in [0.3, 0.4) is 0 Å². The average molecular weight is 344 g/mol. The van der Waals surface area contributed by atoms with Crippen molar-refractivity contribution in [3.05, 3.63) is 70.3 Å². The number of carbonyl (C=O) groups excluding carboxylic acids is 2. The second kappa shape index (κ2) is 8.31. The molecule has 0 atom stereocenters. The van der Waals surface area contributed by atoms with Gasteiger partial charge in [-0.2, -0.15) is 0 Å². The fraction of sp³-hybridized carbons (Fsp3) is 0.158. The number of ether oxygens (including phenoxy) is 1. The van der Waals surface area contributed by atoms with Gasteiger partial charge in [0.15, 0.2) is 6.61 Å². The van der Waals surface area contributed by atoms with E-state index in [1.807, 2.05) is 44.2 Å². The predicted molar refractivity (Wildman–Crippen MR) is 96.0 cm³/mol. The molecule has 1 amide bonds. The van der Waals surface area contributed by atoms with Crippen LogP contribution in [0.2, 0.25) is 5.02 Å². The van der Waals surface area contributed by atoms with Crippen molar-refractivity contribution in [1.82, 2.24) is 0 Å². The molecule has 2 rings (SSSR count). The maximum Gasteiger partial charge on any atom is 0.331 e. The Kier molecular flexibility index (Phi) is 6.15. The van der Waals surface area contributed by atoms with E-state index in [4.69, 9.17) is 16.3 Å². The number of carbonyl (C=O) groups is 2. The first-order valence-corrected chi connectivity index (χ1v) is 7.79. The lowest BCUT2D eigenvalue weighted by molar-refractivity contribution is -0.142. The Balaban J connectivity index is 1.83. The van der Waals surface area contributed by atoms with Gasteiger partial charge in [0, 0.05) is 6.08 Å². The zero-order valence-electron chi connectivity index (χ0n) is 13.5. The number of rotatable bonds is 5. The molecule has 2 aromatic carbocycles. The van der Waals surface area contributed by atoms with E-state index >= 15 is 0 Å². The van der Waals surface area contributed by atoms with Crippen LogP contribution in [0, 0.1) is 13.8 Å². The van der Waals surface area contributed by atoms with E-state index in [9.17, 15) is 9.59 Å². The van der Waals surface area contributed by atoms with Gasteiger partial charge in [-0.1, -0.05) is 47.5 Å². The lowest BCUT2D eigenvalue weighted by Gasteiger charge is -2.07. The summed E-state index contributed by atoms with van der Waals surface area (Å²) in [7, 11) is 0. The van der Waals surface area contributed by atoms with Gasteiger partial charge in [-0.25, -0.2) is 4.79 Å². The van der Waals surface area contributed by atoms with E-state index in [0.717, 1.165) is 16.7 Å². The fourth-order valence-electron chi connectivity index (χ4n) is 2.03. The van der Waals surface area contributed by atoms with Gasteiger partial charge in [0.05, 0.1) is 10.7 Å². The Labute approximate surface area is 146 Å². The summed E-state index contributed by atoms with van der Waals surface area (Å²) in [5.74, 6) is -1.03. The number of esters is 1. The van der Waals surface area contributed by atoms with Crippen LogP contribution in [0.1, 0.15) is 16.7 Å². The molecule has 2 aromatic rings. The quantitative estimate of drug-likeness (QED) is 0.655. The molecule has 0 aromatic heterocycles. The summed E-state index contributed by atoms with van der Waals surface area (Å²) in [5, 5.41) is 3.04. The first-order valence-electron chi connectivity index (χ1n) is 7.41. The van der Waals surface area contributed by atoms with Crippen LogP contribution in [0.4, 0.5) is 5.69 Å². The van der Waals surface area contributed by atoms with Crippen molar-refractivity contribution in [3.63, 3.8) is 0 Å². The molecule has 24 heavy (non-hydrogen) atoms. The molecule has 0 heterocycles. The molecule has 124 valence electrons. The second-order valence-electron chi connectivity index (χ2n) is 5.39. The number of halogens is 1. The monoisotopic (exact) mass is 343 g/mol. The second-order valence-corrected chi connectivity index (χ2v) is 5.79. The summed E-state index contributed by atoms with van der Waals surface area (Å²) in [6.45, 7) is 3.50. The summed E-state index contributed by atoms with van der Waals surface area (Å²) < 4.78 is 4.91. The van der Waals surface area contributed by atoms with Gasteiger partial charge >= 0.3 is 5.97 Å². The molecule has 0 aliphatic carbocycles. The van der Waals surface area contributed by atoms with Crippen LogP contribution < -0.4 is 5.32 Å². The van der Waals surface area contributed by atoms with Crippen LogP contribution in [-0.2, 0) is 14.3 Å². The molecule has 0 aliphatic heterocycles. The predicted octanol–water partition coefficient (Wildman–Crippen LogP) is 4.15. The molecule has 0 saturated heterocycles. The number of nitrogens with one attached hydrogen (secondary N) is 1. The molecule has 0 saturated carbocycles. The SMILES string of the molecule is Cc1cccc(/C=C/C(=O)OCC(=O)Nc2ccc(C)cc2Cl)c1. The largest absolute Gasteiger partial charge is 0.452 e. The van der Waals surface area contributed by atoms with Crippen molar-refractivity contribution in [3.8, 4) is 0 Å². The number of anilines is 1. The van der Waals surface area contributed by atoms with Crippen molar-refractivity contribution >= 4 is 35.2 Å². The molecule has 0 bridgehead atoms. The van der Waals surface area contributed by atoms with Gasteiger partial charge in [0.25, 0.3) is 5.91 Å². The van der Waals surface area contributed by atoms with E-state index in [-0.39, 0.29) is 6.61 Å². The molecule has 0 aliphatic rings. The maximum absolute atomic E-state index is 11.8. The average Bonchev–Trinajstić information content (AvgIpc) is 2.54. The first kappa shape index (κ1) is 17.8. The Morgan fingerprint density at radius 1 is 1.12 bits per heavy atom. The van der Waals surface area contributed by atoms with Crippen molar-refractivity contribution in [2.24, 2.45) is 0 Å². The molecule has 0 fully saturated rings. The van der Waals surface area contributed by atoms with Crippen molar-refractivity contribution < 1.29 is 14.3 Å². The summed E-state index contributed by atoms with van der Waals surface area (Å²) in [6.07, 6.45) is 2.94. The van der Waals surface area contributed by atoms with E-state index in [2.05, 4.69) is 5.32 Å². The Bertz CT molecular complexity index is 784. The standard InChI is InChI=1S/C19H18ClNO3/c1-13-4-3-5-15(10-13)7-9-19(23)24-12-18(22)21-17-8-6-14(2)11-16(17)20/h3-11H,12H2,1-2H3,(H,21,22)/b9-7+. The molecule has 5 heteroatoms. The molecule has 0 radical (unpaired) electrons. The molecule has 4 nitrogen and oxygen atoms in total. The van der Waals surface area contributed by atoms with Crippen molar-refractivity contribution in [2.45, 2.75) is 13.8 Å². The Morgan fingerprint density at radius 2 is 1.88 bits per heavy atom. The maximum atomic E-state index is 11.8. The summed E-state index contributed by atoms with van der Waals surface area (Å²) in [4.78, 5) is 23.5. The minimum atomic E-state index is -0.582.